The van der Waals surface area contributed by atoms with Crippen LogP contribution in [0.1, 0.15) is 11.1 Å². The summed E-state index contributed by atoms with van der Waals surface area (Å²) >= 11 is 0. The van der Waals surface area contributed by atoms with Crippen molar-refractivity contribution < 1.29 is 15.3 Å². The second-order valence-electron chi connectivity index (χ2n) is 6.90. The molecule has 1 heterocycles. The Balaban J connectivity index is 1.96. The molecule has 0 bridgehead atoms. The van der Waals surface area contributed by atoms with Gasteiger partial charge in [-0.05, 0) is 13.8 Å². The fourth-order valence-electron chi connectivity index (χ4n) is 2.98. The van der Waals surface area contributed by atoms with E-state index in [1.165, 1.54) is 0 Å². The average molecular weight is 385 g/mol. The van der Waals surface area contributed by atoms with Crippen LogP contribution in [0.4, 0.5) is 0 Å². The van der Waals surface area contributed by atoms with Gasteiger partial charge in [-0.3, -0.25) is 0 Å². The summed E-state index contributed by atoms with van der Waals surface area (Å²) in [5.74, 6) is 0.0446. The van der Waals surface area contributed by atoms with Crippen LogP contribution in [0.2, 0.25) is 0 Å². The fourth-order valence-corrected chi connectivity index (χ4v) is 2.98. The highest BCUT2D eigenvalue weighted by atomic mass is 16.3. The van der Waals surface area contributed by atoms with Gasteiger partial charge < -0.3 is 15.3 Å². The summed E-state index contributed by atoms with van der Waals surface area (Å²) in [5.41, 5.74) is 3.81. The molecule has 0 atom stereocenters. The monoisotopic (exact) mass is 385 g/mol. The molecule has 0 spiro atoms. The SMILES string of the molecule is Cc1ccc(-c2nc(-c3ccc(C)cc3)nc(-c3c(O)cc(O)cc3O)n2)cc1. The van der Waals surface area contributed by atoms with Crippen LogP contribution in [0.3, 0.4) is 0 Å². The molecule has 0 saturated carbocycles. The zero-order valence-electron chi connectivity index (χ0n) is 16.0. The largest absolute Gasteiger partial charge is 0.508 e. The molecule has 4 aromatic rings. The standard InChI is InChI=1S/C23H19N3O3/c1-13-3-7-15(8-4-13)21-24-22(16-9-5-14(2)6-10-16)26-23(25-21)20-18(28)11-17(27)12-19(20)29/h3-12,27-29H,1-2H3. The van der Waals surface area contributed by atoms with Gasteiger partial charge in [0.05, 0.1) is 0 Å². The summed E-state index contributed by atoms with van der Waals surface area (Å²) in [4.78, 5) is 13.5. The van der Waals surface area contributed by atoms with Gasteiger partial charge in [0, 0.05) is 23.3 Å². The minimum absolute atomic E-state index is 0.0342. The first-order valence-electron chi connectivity index (χ1n) is 9.06. The van der Waals surface area contributed by atoms with E-state index in [4.69, 9.17) is 0 Å². The zero-order chi connectivity index (χ0) is 20.5. The van der Waals surface area contributed by atoms with Gasteiger partial charge in [-0.15, -0.1) is 0 Å². The van der Waals surface area contributed by atoms with E-state index >= 15 is 0 Å². The minimum Gasteiger partial charge on any atom is -0.508 e. The molecule has 4 rings (SSSR count). The third kappa shape index (κ3) is 3.73. The quantitative estimate of drug-likeness (QED) is 0.476. The first kappa shape index (κ1) is 18.4. The molecule has 3 N–H and O–H groups in total. The minimum atomic E-state index is -0.321. The van der Waals surface area contributed by atoms with E-state index in [0.29, 0.717) is 11.6 Å². The summed E-state index contributed by atoms with van der Waals surface area (Å²) < 4.78 is 0. The van der Waals surface area contributed by atoms with Crippen LogP contribution >= 0.6 is 0 Å². The van der Waals surface area contributed by atoms with E-state index in [-0.39, 0.29) is 28.6 Å². The van der Waals surface area contributed by atoms with Crippen LogP contribution < -0.4 is 0 Å². The van der Waals surface area contributed by atoms with Crippen molar-refractivity contribution >= 4 is 0 Å². The van der Waals surface area contributed by atoms with Crippen molar-refractivity contribution in [1.29, 1.82) is 0 Å². The molecule has 0 amide bonds. The third-order valence-corrected chi connectivity index (χ3v) is 4.56. The topological polar surface area (TPSA) is 99.4 Å². The Kier molecular flexibility index (Phi) is 4.60. The summed E-state index contributed by atoms with van der Waals surface area (Å²) in [5, 5.41) is 30.2. The lowest BCUT2D eigenvalue weighted by atomic mass is 10.1. The summed E-state index contributed by atoms with van der Waals surface area (Å²) in [7, 11) is 0. The summed E-state index contributed by atoms with van der Waals surface area (Å²) in [6.45, 7) is 3.99. The molecule has 6 heteroatoms. The maximum atomic E-state index is 10.3. The maximum Gasteiger partial charge on any atom is 0.171 e. The molecular weight excluding hydrogens is 366 g/mol. The van der Waals surface area contributed by atoms with E-state index in [1.807, 2.05) is 62.4 Å². The molecule has 144 valence electrons. The van der Waals surface area contributed by atoms with Crippen LogP contribution in [0.15, 0.2) is 60.7 Å². The van der Waals surface area contributed by atoms with Crippen LogP contribution in [-0.2, 0) is 0 Å². The molecule has 0 radical (unpaired) electrons. The first-order valence-corrected chi connectivity index (χ1v) is 9.06. The predicted molar refractivity (Wildman–Crippen MR) is 111 cm³/mol. The van der Waals surface area contributed by atoms with Gasteiger partial charge >= 0.3 is 0 Å². The summed E-state index contributed by atoms with van der Waals surface area (Å²) in [6, 6.07) is 17.7. The van der Waals surface area contributed by atoms with Crippen molar-refractivity contribution in [3.63, 3.8) is 0 Å². The predicted octanol–water partition coefficient (Wildman–Crippen LogP) is 4.61. The number of phenolic OH excluding ortho intramolecular Hbond substituents is 3. The Bertz CT molecular complexity index is 1100. The second-order valence-corrected chi connectivity index (χ2v) is 6.90. The van der Waals surface area contributed by atoms with Crippen molar-refractivity contribution in [2.75, 3.05) is 0 Å². The number of benzene rings is 3. The van der Waals surface area contributed by atoms with Gasteiger partial charge in [0.2, 0.25) is 0 Å². The lowest BCUT2D eigenvalue weighted by molar-refractivity contribution is 0.430. The van der Waals surface area contributed by atoms with Gasteiger partial charge in [0.25, 0.3) is 0 Å². The van der Waals surface area contributed by atoms with E-state index in [0.717, 1.165) is 34.4 Å². The lowest BCUT2D eigenvalue weighted by Crippen LogP contribution is -2.00. The number of rotatable bonds is 3. The molecule has 29 heavy (non-hydrogen) atoms. The van der Waals surface area contributed by atoms with Gasteiger partial charge in [-0.1, -0.05) is 59.7 Å². The van der Waals surface area contributed by atoms with Crippen molar-refractivity contribution in [3.05, 3.63) is 71.8 Å². The average Bonchev–Trinajstić information content (AvgIpc) is 2.68. The van der Waals surface area contributed by atoms with E-state index < -0.39 is 0 Å². The molecule has 3 aromatic carbocycles. The van der Waals surface area contributed by atoms with Crippen LogP contribution in [0, 0.1) is 13.8 Å². The molecule has 0 aliphatic rings. The Morgan fingerprint density at radius 3 is 1.34 bits per heavy atom. The first-order chi connectivity index (χ1) is 13.9. The molecular formula is C23H19N3O3. The number of aromatic nitrogens is 3. The molecule has 6 nitrogen and oxygen atoms in total. The second kappa shape index (κ2) is 7.24. The van der Waals surface area contributed by atoms with Crippen LogP contribution in [0.5, 0.6) is 17.2 Å². The number of phenols is 3. The Morgan fingerprint density at radius 2 is 0.931 bits per heavy atom. The highest BCUT2D eigenvalue weighted by Crippen LogP contribution is 2.39. The highest BCUT2D eigenvalue weighted by Gasteiger charge is 2.18. The van der Waals surface area contributed by atoms with Gasteiger partial charge in [0.15, 0.2) is 17.5 Å². The van der Waals surface area contributed by atoms with Crippen molar-refractivity contribution in [2.24, 2.45) is 0 Å². The maximum absolute atomic E-state index is 10.3. The molecule has 0 aliphatic heterocycles. The zero-order valence-corrected chi connectivity index (χ0v) is 16.0. The molecule has 1 aromatic heterocycles. The summed E-state index contributed by atoms with van der Waals surface area (Å²) in [6.07, 6.45) is 0. The van der Waals surface area contributed by atoms with Crippen LogP contribution in [0.25, 0.3) is 34.2 Å². The number of aryl methyl sites for hydroxylation is 2. The van der Waals surface area contributed by atoms with Gasteiger partial charge in [0.1, 0.15) is 22.8 Å². The van der Waals surface area contributed by atoms with Crippen LogP contribution in [-0.4, -0.2) is 30.3 Å². The molecule has 0 aliphatic carbocycles. The Labute approximate surface area is 167 Å². The number of nitrogens with zero attached hydrogens (tertiary/aromatic N) is 3. The molecule has 0 unspecified atom stereocenters. The Morgan fingerprint density at radius 1 is 0.552 bits per heavy atom. The highest BCUT2D eigenvalue weighted by molar-refractivity contribution is 5.75. The van der Waals surface area contributed by atoms with Crippen molar-refractivity contribution in [1.82, 2.24) is 15.0 Å². The van der Waals surface area contributed by atoms with Gasteiger partial charge in [-0.2, -0.15) is 0 Å². The third-order valence-electron chi connectivity index (χ3n) is 4.56. The fraction of sp³-hybridized carbons (Fsp3) is 0.0870. The number of hydrogen-bond acceptors (Lipinski definition) is 6. The number of aromatic hydroxyl groups is 3. The molecule has 0 saturated heterocycles. The smallest absolute Gasteiger partial charge is 0.171 e. The van der Waals surface area contributed by atoms with E-state index in [1.54, 1.807) is 0 Å². The van der Waals surface area contributed by atoms with E-state index in [2.05, 4.69) is 15.0 Å². The lowest BCUT2D eigenvalue weighted by Gasteiger charge is -2.11. The van der Waals surface area contributed by atoms with E-state index in [9.17, 15) is 15.3 Å². The number of hydrogen-bond donors (Lipinski definition) is 3. The normalized spacial score (nSPS) is 10.8. The van der Waals surface area contributed by atoms with Gasteiger partial charge in [-0.25, -0.2) is 15.0 Å². The Hall–Kier alpha value is -3.93. The van der Waals surface area contributed by atoms with Crippen molar-refractivity contribution in [2.45, 2.75) is 13.8 Å². The molecule has 0 fully saturated rings. The van der Waals surface area contributed by atoms with Crippen molar-refractivity contribution in [3.8, 4) is 51.4 Å².